The van der Waals surface area contributed by atoms with E-state index in [4.69, 9.17) is 0 Å². The second-order valence-corrected chi connectivity index (χ2v) is 5.90. The third-order valence-corrected chi connectivity index (χ3v) is 4.26. The number of hydrogen-bond acceptors (Lipinski definition) is 2. The molecule has 0 bridgehead atoms. The maximum atomic E-state index is 10.3. The zero-order chi connectivity index (χ0) is 14.0. The van der Waals surface area contributed by atoms with Gasteiger partial charge in [-0.2, -0.15) is 0 Å². The molecule has 3 atom stereocenters. The first-order valence-corrected chi connectivity index (χ1v) is 7.24. The number of nitrogens with one attached hydrogen (secondary N) is 1. The van der Waals surface area contributed by atoms with E-state index < -0.39 is 0 Å². The van der Waals surface area contributed by atoms with Gasteiger partial charge in [-0.05, 0) is 30.9 Å². The van der Waals surface area contributed by atoms with Crippen LogP contribution in [0.5, 0.6) is 0 Å². The van der Waals surface area contributed by atoms with Crippen LogP contribution in [0.3, 0.4) is 0 Å². The van der Waals surface area contributed by atoms with Gasteiger partial charge in [-0.15, -0.1) is 0 Å². The Kier molecular flexibility index (Phi) is 3.60. The molecule has 1 heterocycles. The minimum Gasteiger partial charge on any atom is -0.393 e. The van der Waals surface area contributed by atoms with Crippen molar-refractivity contribution in [1.29, 1.82) is 0 Å². The van der Waals surface area contributed by atoms with Crippen molar-refractivity contribution in [3.05, 3.63) is 71.8 Å². The van der Waals surface area contributed by atoms with Crippen LogP contribution in [0.15, 0.2) is 60.7 Å². The lowest BCUT2D eigenvalue weighted by molar-refractivity contribution is 0.0583. The summed E-state index contributed by atoms with van der Waals surface area (Å²) in [7, 11) is 0. The minimum atomic E-state index is -0.272. The van der Waals surface area contributed by atoms with Crippen molar-refractivity contribution in [1.82, 2.24) is 5.32 Å². The van der Waals surface area contributed by atoms with Gasteiger partial charge in [0.2, 0.25) is 0 Å². The van der Waals surface area contributed by atoms with Crippen molar-refractivity contribution in [3.63, 3.8) is 0 Å². The van der Waals surface area contributed by atoms with Crippen molar-refractivity contribution >= 4 is 0 Å². The Bertz CT molecular complexity index is 554. The Morgan fingerprint density at radius 1 is 1.00 bits per heavy atom. The number of rotatable bonds is 2. The van der Waals surface area contributed by atoms with Crippen LogP contribution >= 0.6 is 0 Å². The predicted octanol–water partition coefficient (Wildman–Crippen LogP) is 3.39. The second-order valence-electron chi connectivity index (χ2n) is 5.90. The standard InChI is InChI=1S/C18H21NO/c1-18(15-10-6-3-7-11-15)13-16(20)12-17(19-18)14-8-4-2-5-9-14/h2-11,16-17,19-20H,12-13H2,1H3/t16-,17+,18+/m0/s1. The van der Waals surface area contributed by atoms with Crippen LogP contribution in [-0.2, 0) is 5.54 Å². The first kappa shape index (κ1) is 13.3. The van der Waals surface area contributed by atoms with Gasteiger partial charge in [0.15, 0.2) is 0 Å². The molecule has 0 saturated carbocycles. The number of aliphatic hydroxyl groups is 1. The monoisotopic (exact) mass is 267 g/mol. The van der Waals surface area contributed by atoms with Crippen molar-refractivity contribution in [2.24, 2.45) is 0 Å². The summed E-state index contributed by atoms with van der Waals surface area (Å²) < 4.78 is 0. The Balaban J connectivity index is 1.90. The number of piperidine rings is 1. The van der Waals surface area contributed by atoms with Crippen LogP contribution in [0.1, 0.15) is 36.9 Å². The third-order valence-electron chi connectivity index (χ3n) is 4.26. The molecule has 2 aromatic carbocycles. The summed E-state index contributed by atoms with van der Waals surface area (Å²) >= 11 is 0. The molecule has 1 fully saturated rings. The fourth-order valence-electron chi connectivity index (χ4n) is 3.24. The van der Waals surface area contributed by atoms with E-state index in [0.29, 0.717) is 0 Å². The maximum Gasteiger partial charge on any atom is 0.0579 e. The topological polar surface area (TPSA) is 32.3 Å². The van der Waals surface area contributed by atoms with Crippen LogP contribution in [0.4, 0.5) is 0 Å². The number of hydrogen-bond donors (Lipinski definition) is 2. The Morgan fingerprint density at radius 3 is 2.25 bits per heavy atom. The van der Waals surface area contributed by atoms with Gasteiger partial charge in [0.05, 0.1) is 6.10 Å². The molecule has 2 aromatic rings. The van der Waals surface area contributed by atoms with Gasteiger partial charge in [0.25, 0.3) is 0 Å². The van der Waals surface area contributed by atoms with Crippen LogP contribution in [0.2, 0.25) is 0 Å². The van der Waals surface area contributed by atoms with E-state index in [0.717, 1.165) is 12.8 Å². The van der Waals surface area contributed by atoms with E-state index in [1.807, 2.05) is 12.1 Å². The van der Waals surface area contributed by atoms with E-state index >= 15 is 0 Å². The maximum absolute atomic E-state index is 10.3. The summed E-state index contributed by atoms with van der Waals surface area (Å²) in [4.78, 5) is 0. The highest BCUT2D eigenvalue weighted by Gasteiger charge is 2.37. The highest BCUT2D eigenvalue weighted by atomic mass is 16.3. The van der Waals surface area contributed by atoms with Crippen LogP contribution in [0.25, 0.3) is 0 Å². The van der Waals surface area contributed by atoms with Crippen molar-refractivity contribution in [3.8, 4) is 0 Å². The third kappa shape index (κ3) is 2.62. The Hall–Kier alpha value is -1.64. The predicted molar refractivity (Wildman–Crippen MR) is 81.4 cm³/mol. The van der Waals surface area contributed by atoms with Crippen molar-refractivity contribution in [2.75, 3.05) is 0 Å². The average Bonchev–Trinajstić information content (AvgIpc) is 2.48. The Labute approximate surface area is 120 Å². The molecule has 2 heteroatoms. The lowest BCUT2D eigenvalue weighted by atomic mass is 9.79. The minimum absolute atomic E-state index is 0.181. The normalized spacial score (nSPS) is 30.1. The molecule has 0 spiro atoms. The SMILES string of the molecule is C[C@]1(c2ccccc2)C[C@@H](O)C[C@H](c2ccccc2)N1. The summed E-state index contributed by atoms with van der Waals surface area (Å²) in [6.07, 6.45) is 1.25. The van der Waals surface area contributed by atoms with Crippen molar-refractivity contribution in [2.45, 2.75) is 37.5 Å². The van der Waals surface area contributed by atoms with E-state index in [1.165, 1.54) is 11.1 Å². The molecule has 2 N–H and O–H groups in total. The molecule has 1 saturated heterocycles. The largest absolute Gasteiger partial charge is 0.393 e. The molecule has 0 amide bonds. The lowest BCUT2D eigenvalue weighted by Crippen LogP contribution is -2.49. The van der Waals surface area contributed by atoms with Gasteiger partial charge >= 0.3 is 0 Å². The second kappa shape index (κ2) is 5.39. The number of benzene rings is 2. The zero-order valence-electron chi connectivity index (χ0n) is 11.8. The average molecular weight is 267 g/mol. The fourth-order valence-corrected chi connectivity index (χ4v) is 3.24. The quantitative estimate of drug-likeness (QED) is 0.874. The van der Waals surface area contributed by atoms with E-state index in [-0.39, 0.29) is 17.7 Å². The van der Waals surface area contributed by atoms with Crippen LogP contribution in [-0.4, -0.2) is 11.2 Å². The first-order valence-electron chi connectivity index (χ1n) is 7.24. The lowest BCUT2D eigenvalue weighted by Gasteiger charge is -2.43. The van der Waals surface area contributed by atoms with Gasteiger partial charge in [-0.1, -0.05) is 60.7 Å². The summed E-state index contributed by atoms with van der Waals surface area (Å²) in [6.45, 7) is 2.18. The van der Waals surface area contributed by atoms with Gasteiger partial charge in [0.1, 0.15) is 0 Å². The molecule has 0 aromatic heterocycles. The first-order chi connectivity index (χ1) is 9.67. The van der Waals surface area contributed by atoms with Crippen LogP contribution < -0.4 is 5.32 Å². The van der Waals surface area contributed by atoms with E-state index in [1.54, 1.807) is 0 Å². The van der Waals surface area contributed by atoms with Gasteiger partial charge in [0, 0.05) is 11.6 Å². The number of aliphatic hydroxyl groups excluding tert-OH is 1. The molecule has 3 rings (SSSR count). The van der Waals surface area contributed by atoms with Gasteiger partial charge < -0.3 is 10.4 Å². The van der Waals surface area contributed by atoms with E-state index in [2.05, 4.69) is 60.8 Å². The molecule has 0 radical (unpaired) electrons. The molecule has 1 aliphatic rings. The summed E-state index contributed by atoms with van der Waals surface area (Å²) in [6, 6.07) is 21.0. The smallest absolute Gasteiger partial charge is 0.0579 e. The molecular formula is C18H21NO. The molecule has 2 nitrogen and oxygen atoms in total. The molecule has 0 unspecified atom stereocenters. The Morgan fingerprint density at radius 2 is 1.60 bits per heavy atom. The molecule has 1 aliphatic heterocycles. The fraction of sp³-hybridized carbons (Fsp3) is 0.333. The van der Waals surface area contributed by atoms with E-state index in [9.17, 15) is 5.11 Å². The van der Waals surface area contributed by atoms with Crippen LogP contribution in [0, 0.1) is 0 Å². The van der Waals surface area contributed by atoms with Gasteiger partial charge in [-0.3, -0.25) is 0 Å². The van der Waals surface area contributed by atoms with Crippen molar-refractivity contribution < 1.29 is 5.11 Å². The molecule has 0 aliphatic carbocycles. The molecular weight excluding hydrogens is 246 g/mol. The van der Waals surface area contributed by atoms with Gasteiger partial charge in [-0.25, -0.2) is 0 Å². The highest BCUT2D eigenvalue weighted by Crippen LogP contribution is 2.37. The molecule has 104 valence electrons. The summed E-state index contributed by atoms with van der Waals surface area (Å²) in [5.74, 6) is 0. The zero-order valence-corrected chi connectivity index (χ0v) is 11.8. The summed E-state index contributed by atoms with van der Waals surface area (Å²) in [5.41, 5.74) is 2.30. The summed E-state index contributed by atoms with van der Waals surface area (Å²) in [5, 5.41) is 14.0. The highest BCUT2D eigenvalue weighted by molar-refractivity contribution is 5.28. The molecule has 20 heavy (non-hydrogen) atoms.